The highest BCUT2D eigenvalue weighted by Crippen LogP contribution is 2.30. The molecule has 0 radical (unpaired) electrons. The van der Waals surface area contributed by atoms with Crippen molar-refractivity contribution in [1.29, 1.82) is 0 Å². The summed E-state index contributed by atoms with van der Waals surface area (Å²) in [5.74, 6) is -1.43. The van der Waals surface area contributed by atoms with E-state index in [0.29, 0.717) is 16.5 Å². The summed E-state index contributed by atoms with van der Waals surface area (Å²) in [6, 6.07) is 10.5. The molecule has 1 saturated heterocycles. The minimum absolute atomic E-state index is 0.0515. The van der Waals surface area contributed by atoms with E-state index in [9.17, 15) is 14.4 Å². The van der Waals surface area contributed by atoms with Gasteiger partial charge in [-0.1, -0.05) is 23.7 Å². The number of benzene rings is 2. The summed E-state index contributed by atoms with van der Waals surface area (Å²) in [5.41, 5.74) is 3.23. The number of amides is 2. The average molecular weight is 431 g/mol. The number of nitrogens with one attached hydrogen (secondary N) is 1. The molecule has 0 spiro atoms. The summed E-state index contributed by atoms with van der Waals surface area (Å²) in [7, 11) is 1.47. The molecule has 1 atom stereocenters. The molecule has 2 amide bonds. The molecule has 2 aromatic carbocycles. The fourth-order valence-electron chi connectivity index (χ4n) is 3.35. The van der Waals surface area contributed by atoms with E-state index in [4.69, 9.17) is 21.1 Å². The number of anilines is 2. The van der Waals surface area contributed by atoms with Crippen molar-refractivity contribution >= 4 is 40.8 Å². The third kappa shape index (κ3) is 4.74. The van der Waals surface area contributed by atoms with Gasteiger partial charge in [0.05, 0.1) is 18.7 Å². The molecule has 1 unspecified atom stereocenters. The second-order valence-electron chi connectivity index (χ2n) is 7.12. The highest BCUT2D eigenvalue weighted by atomic mass is 35.5. The van der Waals surface area contributed by atoms with E-state index in [1.54, 1.807) is 17.0 Å². The van der Waals surface area contributed by atoms with Crippen LogP contribution in [0, 0.1) is 19.8 Å². The van der Waals surface area contributed by atoms with Gasteiger partial charge >= 0.3 is 5.97 Å². The van der Waals surface area contributed by atoms with Gasteiger partial charge < -0.3 is 19.7 Å². The van der Waals surface area contributed by atoms with Crippen LogP contribution >= 0.6 is 11.6 Å². The number of ether oxygens (including phenoxy) is 2. The average Bonchev–Trinajstić information content (AvgIpc) is 3.10. The van der Waals surface area contributed by atoms with E-state index < -0.39 is 24.4 Å². The Morgan fingerprint density at radius 1 is 1.23 bits per heavy atom. The summed E-state index contributed by atoms with van der Waals surface area (Å²) in [6.07, 6.45) is 0.0515. The Hall–Kier alpha value is -3.06. The molecule has 0 aromatic heterocycles. The quantitative estimate of drug-likeness (QED) is 0.709. The van der Waals surface area contributed by atoms with Crippen LogP contribution in [0.4, 0.5) is 11.4 Å². The zero-order chi connectivity index (χ0) is 21.8. The number of esters is 1. The van der Waals surface area contributed by atoms with E-state index in [1.807, 2.05) is 32.0 Å². The summed E-state index contributed by atoms with van der Waals surface area (Å²) >= 11 is 5.94. The van der Waals surface area contributed by atoms with Gasteiger partial charge in [0.25, 0.3) is 5.91 Å². The van der Waals surface area contributed by atoms with E-state index in [-0.39, 0.29) is 18.9 Å². The number of halogens is 1. The Balaban J connectivity index is 1.58. The van der Waals surface area contributed by atoms with Gasteiger partial charge in [0, 0.05) is 23.7 Å². The first-order chi connectivity index (χ1) is 14.3. The van der Waals surface area contributed by atoms with Crippen molar-refractivity contribution in [1.82, 2.24) is 0 Å². The predicted octanol–water partition coefficient (Wildman–Crippen LogP) is 3.50. The van der Waals surface area contributed by atoms with Crippen LogP contribution in [0.5, 0.6) is 5.75 Å². The smallest absolute Gasteiger partial charge is 0.311 e. The lowest BCUT2D eigenvalue weighted by Gasteiger charge is -2.20. The molecule has 30 heavy (non-hydrogen) atoms. The van der Waals surface area contributed by atoms with Gasteiger partial charge in [-0.3, -0.25) is 14.4 Å². The Morgan fingerprint density at radius 3 is 2.73 bits per heavy atom. The summed E-state index contributed by atoms with van der Waals surface area (Å²) in [4.78, 5) is 38.7. The fraction of sp³-hybridized carbons (Fsp3) is 0.318. The van der Waals surface area contributed by atoms with Crippen molar-refractivity contribution in [2.24, 2.45) is 5.92 Å². The number of hydrogen-bond donors (Lipinski definition) is 1. The maximum atomic E-state index is 12.4. The van der Waals surface area contributed by atoms with Crippen molar-refractivity contribution in [2.45, 2.75) is 20.3 Å². The molecule has 1 N–H and O–H groups in total. The van der Waals surface area contributed by atoms with Gasteiger partial charge in [0.1, 0.15) is 5.75 Å². The molecule has 1 aliphatic heterocycles. The van der Waals surface area contributed by atoms with E-state index in [0.717, 1.165) is 16.8 Å². The molecular weight excluding hydrogens is 408 g/mol. The maximum absolute atomic E-state index is 12.4. The van der Waals surface area contributed by atoms with Gasteiger partial charge in [-0.2, -0.15) is 0 Å². The Labute approximate surface area is 179 Å². The third-order valence-electron chi connectivity index (χ3n) is 5.11. The standard InChI is InChI=1S/C22H23ClN2O5/c1-13-5-4-6-18(14(13)2)25-11-15(9-21(25)27)22(28)30-12-20(26)24-17-10-16(23)7-8-19(17)29-3/h4-8,10,15H,9,11-12H2,1-3H3,(H,24,26). The topological polar surface area (TPSA) is 84.9 Å². The molecule has 2 aromatic rings. The van der Waals surface area contributed by atoms with Crippen LogP contribution in [0.1, 0.15) is 17.5 Å². The van der Waals surface area contributed by atoms with E-state index in [2.05, 4.69) is 5.32 Å². The number of nitrogens with zero attached hydrogens (tertiary/aromatic N) is 1. The molecule has 7 nitrogen and oxygen atoms in total. The molecule has 0 bridgehead atoms. The van der Waals surface area contributed by atoms with Gasteiger partial charge in [-0.15, -0.1) is 0 Å². The van der Waals surface area contributed by atoms with Crippen LogP contribution in [-0.2, 0) is 19.1 Å². The third-order valence-corrected chi connectivity index (χ3v) is 5.34. The van der Waals surface area contributed by atoms with Crippen molar-refractivity contribution in [2.75, 3.05) is 30.5 Å². The molecule has 3 rings (SSSR count). The number of carbonyl (C=O) groups is 3. The monoisotopic (exact) mass is 430 g/mol. The van der Waals surface area contributed by atoms with Crippen molar-refractivity contribution in [3.63, 3.8) is 0 Å². The predicted molar refractivity (Wildman–Crippen MR) is 114 cm³/mol. The first-order valence-electron chi connectivity index (χ1n) is 9.46. The zero-order valence-electron chi connectivity index (χ0n) is 17.0. The summed E-state index contributed by atoms with van der Waals surface area (Å²) in [6.45, 7) is 3.67. The van der Waals surface area contributed by atoms with Gasteiger partial charge in [-0.25, -0.2) is 0 Å². The fourth-order valence-corrected chi connectivity index (χ4v) is 3.52. The highest BCUT2D eigenvalue weighted by Gasteiger charge is 2.37. The van der Waals surface area contributed by atoms with Gasteiger partial charge in [0.15, 0.2) is 6.61 Å². The molecule has 0 saturated carbocycles. The summed E-state index contributed by atoms with van der Waals surface area (Å²) < 4.78 is 10.3. The minimum Gasteiger partial charge on any atom is -0.495 e. The molecular formula is C22H23ClN2O5. The van der Waals surface area contributed by atoms with Crippen molar-refractivity contribution in [3.8, 4) is 5.75 Å². The van der Waals surface area contributed by atoms with Crippen LogP contribution in [0.15, 0.2) is 36.4 Å². The van der Waals surface area contributed by atoms with Gasteiger partial charge in [-0.05, 0) is 49.2 Å². The van der Waals surface area contributed by atoms with Gasteiger partial charge in [0.2, 0.25) is 5.91 Å². The number of methoxy groups -OCH3 is 1. The van der Waals surface area contributed by atoms with Crippen LogP contribution in [0.2, 0.25) is 5.02 Å². The van der Waals surface area contributed by atoms with Crippen LogP contribution in [0.25, 0.3) is 0 Å². The lowest BCUT2D eigenvalue weighted by atomic mass is 10.1. The second-order valence-corrected chi connectivity index (χ2v) is 7.56. The zero-order valence-corrected chi connectivity index (χ0v) is 17.8. The number of aryl methyl sites for hydroxylation is 1. The Morgan fingerprint density at radius 2 is 2.00 bits per heavy atom. The SMILES string of the molecule is COc1ccc(Cl)cc1NC(=O)COC(=O)C1CC(=O)N(c2cccc(C)c2C)C1. The van der Waals surface area contributed by atoms with Crippen LogP contribution in [0.3, 0.4) is 0 Å². The highest BCUT2D eigenvalue weighted by molar-refractivity contribution is 6.31. The number of rotatable bonds is 6. The van der Waals surface area contributed by atoms with Crippen molar-refractivity contribution < 1.29 is 23.9 Å². The normalized spacial score (nSPS) is 15.8. The van der Waals surface area contributed by atoms with E-state index >= 15 is 0 Å². The summed E-state index contributed by atoms with van der Waals surface area (Å²) in [5, 5.41) is 3.03. The Kier molecular flexibility index (Phi) is 6.62. The molecule has 1 fully saturated rings. The maximum Gasteiger partial charge on any atom is 0.311 e. The molecule has 0 aliphatic carbocycles. The van der Waals surface area contributed by atoms with E-state index in [1.165, 1.54) is 13.2 Å². The molecule has 1 aliphatic rings. The van der Waals surface area contributed by atoms with Crippen molar-refractivity contribution in [3.05, 3.63) is 52.5 Å². The minimum atomic E-state index is -0.620. The first-order valence-corrected chi connectivity index (χ1v) is 9.84. The first kappa shape index (κ1) is 21.6. The van der Waals surface area contributed by atoms with Crippen LogP contribution in [-0.4, -0.2) is 38.0 Å². The molecule has 8 heteroatoms. The number of carbonyl (C=O) groups excluding carboxylic acids is 3. The molecule has 1 heterocycles. The Bertz CT molecular complexity index is 991. The number of hydrogen-bond acceptors (Lipinski definition) is 5. The van der Waals surface area contributed by atoms with Crippen LogP contribution < -0.4 is 15.0 Å². The molecule has 158 valence electrons. The lowest BCUT2D eigenvalue weighted by molar-refractivity contribution is -0.151. The second kappa shape index (κ2) is 9.17. The lowest BCUT2D eigenvalue weighted by Crippen LogP contribution is -2.28. The largest absolute Gasteiger partial charge is 0.495 e.